The highest BCUT2D eigenvalue weighted by atomic mass is 35.5. The number of nitrogens with zero attached hydrogens (tertiary/aromatic N) is 5. The van der Waals surface area contributed by atoms with E-state index in [1.54, 1.807) is 17.1 Å². The van der Waals surface area contributed by atoms with Crippen LogP contribution in [0.1, 0.15) is 27.8 Å². The van der Waals surface area contributed by atoms with E-state index in [0.29, 0.717) is 36.2 Å². The van der Waals surface area contributed by atoms with Crippen LogP contribution in [0.2, 0.25) is 5.02 Å². The molecule has 1 aliphatic heterocycles. The molecule has 0 saturated carbocycles. The van der Waals surface area contributed by atoms with Crippen molar-refractivity contribution in [2.24, 2.45) is 0 Å². The molecule has 1 amide bonds. The fraction of sp³-hybridized carbons (Fsp3) is 0.280. The van der Waals surface area contributed by atoms with E-state index in [0.717, 1.165) is 35.1 Å². The maximum absolute atomic E-state index is 13.1. The topological polar surface area (TPSA) is 85.2 Å². The molecule has 174 valence electrons. The second-order valence-electron chi connectivity index (χ2n) is 8.23. The standard InChI is InChI=1S/C25H25ClN6O2/c1-17-24(29-30-32(17)22-4-2-3-19-15-27-10-9-21(19)22)25(33)28-16-23(31-11-13-34-14-12-31)18-5-7-20(26)8-6-18/h2-10,15,23H,11-14,16H2,1H3,(H,28,33). The molecular weight excluding hydrogens is 452 g/mol. The average Bonchev–Trinajstić information content (AvgIpc) is 3.26. The Morgan fingerprint density at radius 2 is 1.94 bits per heavy atom. The van der Waals surface area contributed by atoms with Crippen molar-refractivity contribution in [3.63, 3.8) is 0 Å². The lowest BCUT2D eigenvalue weighted by Crippen LogP contribution is -2.44. The Kier molecular flexibility index (Phi) is 6.53. The number of fused-ring (bicyclic) bond motifs is 1. The van der Waals surface area contributed by atoms with Gasteiger partial charge in [0.05, 0.1) is 30.6 Å². The molecule has 1 atom stereocenters. The molecule has 1 N–H and O–H groups in total. The highest BCUT2D eigenvalue weighted by Gasteiger charge is 2.25. The van der Waals surface area contributed by atoms with Crippen LogP contribution in [0.4, 0.5) is 0 Å². The molecule has 1 fully saturated rings. The minimum Gasteiger partial charge on any atom is -0.379 e. The van der Waals surface area contributed by atoms with Gasteiger partial charge in [0.2, 0.25) is 0 Å². The number of benzene rings is 2. The van der Waals surface area contributed by atoms with E-state index < -0.39 is 0 Å². The van der Waals surface area contributed by atoms with Crippen molar-refractivity contribution in [2.45, 2.75) is 13.0 Å². The minimum atomic E-state index is -0.252. The maximum Gasteiger partial charge on any atom is 0.273 e. The Morgan fingerprint density at radius 1 is 1.15 bits per heavy atom. The number of rotatable bonds is 6. The second kappa shape index (κ2) is 9.89. The van der Waals surface area contributed by atoms with Gasteiger partial charge in [0.15, 0.2) is 5.69 Å². The maximum atomic E-state index is 13.1. The van der Waals surface area contributed by atoms with Crippen molar-refractivity contribution in [1.29, 1.82) is 0 Å². The molecule has 8 nitrogen and oxygen atoms in total. The molecule has 2 aromatic heterocycles. The highest BCUT2D eigenvalue weighted by Crippen LogP contribution is 2.24. The molecule has 9 heteroatoms. The van der Waals surface area contributed by atoms with Crippen LogP contribution in [0, 0.1) is 6.92 Å². The molecule has 5 rings (SSSR count). The molecule has 34 heavy (non-hydrogen) atoms. The van der Waals surface area contributed by atoms with Crippen LogP contribution in [-0.4, -0.2) is 63.6 Å². The van der Waals surface area contributed by atoms with Gasteiger partial charge in [-0.05, 0) is 36.8 Å². The van der Waals surface area contributed by atoms with Gasteiger partial charge < -0.3 is 10.1 Å². The number of carbonyl (C=O) groups is 1. The zero-order valence-electron chi connectivity index (χ0n) is 18.8. The summed E-state index contributed by atoms with van der Waals surface area (Å²) in [5.74, 6) is -0.252. The van der Waals surface area contributed by atoms with E-state index >= 15 is 0 Å². The molecule has 2 aromatic carbocycles. The smallest absolute Gasteiger partial charge is 0.273 e. The van der Waals surface area contributed by atoms with Crippen molar-refractivity contribution in [1.82, 2.24) is 30.2 Å². The Labute approximate surface area is 202 Å². The summed E-state index contributed by atoms with van der Waals surface area (Å²) in [4.78, 5) is 19.6. The van der Waals surface area contributed by atoms with Crippen LogP contribution in [-0.2, 0) is 4.74 Å². The summed E-state index contributed by atoms with van der Waals surface area (Å²) < 4.78 is 7.22. The van der Waals surface area contributed by atoms with Crippen molar-refractivity contribution >= 4 is 28.3 Å². The fourth-order valence-electron chi connectivity index (χ4n) is 4.36. The lowest BCUT2D eigenvalue weighted by molar-refractivity contribution is 0.0162. The van der Waals surface area contributed by atoms with E-state index in [2.05, 4.69) is 25.5 Å². The van der Waals surface area contributed by atoms with Crippen LogP contribution in [0.3, 0.4) is 0 Å². The SMILES string of the molecule is Cc1c(C(=O)NCC(c2ccc(Cl)cc2)N2CCOCC2)nnn1-c1cccc2cnccc12. The van der Waals surface area contributed by atoms with E-state index in [-0.39, 0.29) is 11.9 Å². The molecule has 0 aliphatic carbocycles. The van der Waals surface area contributed by atoms with Gasteiger partial charge in [-0.15, -0.1) is 5.10 Å². The van der Waals surface area contributed by atoms with Crippen LogP contribution < -0.4 is 5.32 Å². The van der Waals surface area contributed by atoms with Crippen LogP contribution >= 0.6 is 11.6 Å². The third-order valence-electron chi connectivity index (χ3n) is 6.19. The Hall–Kier alpha value is -3.33. The minimum absolute atomic E-state index is 0.00559. The average molecular weight is 477 g/mol. The number of amides is 1. The number of morpholine rings is 1. The number of ether oxygens (including phenoxy) is 1. The number of halogens is 1. The molecule has 1 unspecified atom stereocenters. The van der Waals surface area contributed by atoms with Gasteiger partial charge in [-0.3, -0.25) is 14.7 Å². The number of carbonyl (C=O) groups excluding carboxylic acids is 1. The monoisotopic (exact) mass is 476 g/mol. The first kappa shape index (κ1) is 22.5. The Morgan fingerprint density at radius 3 is 2.74 bits per heavy atom. The molecule has 1 aliphatic rings. The van der Waals surface area contributed by atoms with E-state index in [1.165, 1.54) is 0 Å². The zero-order chi connectivity index (χ0) is 23.5. The molecule has 4 aromatic rings. The van der Waals surface area contributed by atoms with E-state index in [1.807, 2.05) is 55.5 Å². The van der Waals surface area contributed by atoms with Crippen LogP contribution in [0.15, 0.2) is 60.9 Å². The lowest BCUT2D eigenvalue weighted by Gasteiger charge is -2.34. The summed E-state index contributed by atoms with van der Waals surface area (Å²) in [7, 11) is 0. The first-order valence-corrected chi connectivity index (χ1v) is 11.6. The van der Waals surface area contributed by atoms with Gasteiger partial charge in [0, 0.05) is 47.8 Å². The van der Waals surface area contributed by atoms with Crippen molar-refractivity contribution in [2.75, 3.05) is 32.8 Å². The summed E-state index contributed by atoms with van der Waals surface area (Å²) >= 11 is 6.09. The highest BCUT2D eigenvalue weighted by molar-refractivity contribution is 6.30. The molecule has 0 bridgehead atoms. The first-order valence-electron chi connectivity index (χ1n) is 11.2. The lowest BCUT2D eigenvalue weighted by atomic mass is 10.0. The fourth-order valence-corrected chi connectivity index (χ4v) is 4.49. The molecule has 0 radical (unpaired) electrons. The number of hydrogen-bond acceptors (Lipinski definition) is 6. The van der Waals surface area contributed by atoms with Gasteiger partial charge >= 0.3 is 0 Å². The predicted molar refractivity (Wildman–Crippen MR) is 130 cm³/mol. The quantitative estimate of drug-likeness (QED) is 0.458. The van der Waals surface area contributed by atoms with E-state index in [9.17, 15) is 4.79 Å². The molecular formula is C25H25ClN6O2. The van der Waals surface area contributed by atoms with Crippen molar-refractivity contribution in [3.8, 4) is 5.69 Å². The van der Waals surface area contributed by atoms with Crippen molar-refractivity contribution in [3.05, 3.63) is 82.9 Å². The number of hydrogen-bond donors (Lipinski definition) is 1. The van der Waals surface area contributed by atoms with Crippen LogP contribution in [0.5, 0.6) is 0 Å². The van der Waals surface area contributed by atoms with E-state index in [4.69, 9.17) is 16.3 Å². The summed E-state index contributed by atoms with van der Waals surface area (Å²) in [5.41, 5.74) is 2.94. The third kappa shape index (κ3) is 4.52. The predicted octanol–water partition coefficient (Wildman–Crippen LogP) is 3.58. The largest absolute Gasteiger partial charge is 0.379 e. The van der Waals surface area contributed by atoms with Gasteiger partial charge in [-0.1, -0.05) is 41.1 Å². The third-order valence-corrected chi connectivity index (χ3v) is 6.44. The number of nitrogens with one attached hydrogen (secondary N) is 1. The summed E-state index contributed by atoms with van der Waals surface area (Å²) in [6.07, 6.45) is 3.55. The zero-order valence-corrected chi connectivity index (χ0v) is 19.6. The summed E-state index contributed by atoms with van der Waals surface area (Å²) in [6, 6.07) is 15.6. The van der Waals surface area contributed by atoms with Crippen LogP contribution in [0.25, 0.3) is 16.5 Å². The van der Waals surface area contributed by atoms with Gasteiger partial charge in [0.1, 0.15) is 0 Å². The first-order chi connectivity index (χ1) is 16.6. The molecule has 1 saturated heterocycles. The molecule has 3 heterocycles. The number of pyridine rings is 1. The Balaban J connectivity index is 1.37. The summed E-state index contributed by atoms with van der Waals surface area (Å²) in [6.45, 7) is 5.24. The van der Waals surface area contributed by atoms with Gasteiger partial charge in [-0.25, -0.2) is 4.68 Å². The normalized spacial score (nSPS) is 15.4. The number of aromatic nitrogens is 4. The Bertz CT molecular complexity index is 1300. The molecule has 0 spiro atoms. The van der Waals surface area contributed by atoms with Crippen molar-refractivity contribution < 1.29 is 9.53 Å². The van der Waals surface area contributed by atoms with Gasteiger partial charge in [-0.2, -0.15) is 0 Å². The second-order valence-corrected chi connectivity index (χ2v) is 8.67. The van der Waals surface area contributed by atoms with Gasteiger partial charge in [0.25, 0.3) is 5.91 Å². The summed E-state index contributed by atoms with van der Waals surface area (Å²) in [5, 5.41) is 14.2.